The van der Waals surface area contributed by atoms with E-state index in [0.717, 1.165) is 18.8 Å². The van der Waals surface area contributed by atoms with E-state index in [1.807, 2.05) is 11.9 Å². The molecule has 2 heteroatoms. The Labute approximate surface area is 86.7 Å². The molecule has 1 atom stereocenters. The second-order valence-electron chi connectivity index (χ2n) is 5.01. The van der Waals surface area contributed by atoms with E-state index in [0.29, 0.717) is 17.9 Å². The average Bonchev–Trinajstić information content (AvgIpc) is 2.90. The van der Waals surface area contributed by atoms with Crippen molar-refractivity contribution in [3.05, 3.63) is 0 Å². The molecule has 0 heterocycles. The molecule has 1 amide bonds. The van der Waals surface area contributed by atoms with E-state index in [2.05, 4.69) is 6.92 Å². The van der Waals surface area contributed by atoms with Crippen molar-refractivity contribution in [1.82, 2.24) is 4.90 Å². The van der Waals surface area contributed by atoms with Gasteiger partial charge in [-0.1, -0.05) is 12.8 Å². The van der Waals surface area contributed by atoms with Gasteiger partial charge in [-0.25, -0.2) is 0 Å². The monoisotopic (exact) mass is 195 g/mol. The van der Waals surface area contributed by atoms with Crippen LogP contribution in [-0.2, 0) is 4.79 Å². The number of nitrogens with zero attached hydrogens (tertiary/aromatic N) is 1. The summed E-state index contributed by atoms with van der Waals surface area (Å²) in [5.74, 6) is 1.55. The van der Waals surface area contributed by atoms with Crippen LogP contribution in [0.25, 0.3) is 0 Å². The third-order valence-electron chi connectivity index (χ3n) is 3.97. The third-order valence-corrected chi connectivity index (χ3v) is 3.97. The topological polar surface area (TPSA) is 20.3 Å². The van der Waals surface area contributed by atoms with Gasteiger partial charge in [-0.3, -0.25) is 4.79 Å². The predicted octanol–water partition coefficient (Wildman–Crippen LogP) is 2.43. The maximum Gasteiger partial charge on any atom is 0.225 e. The molecule has 2 rings (SSSR count). The molecule has 0 radical (unpaired) electrons. The van der Waals surface area contributed by atoms with Gasteiger partial charge in [-0.15, -0.1) is 0 Å². The van der Waals surface area contributed by atoms with Crippen LogP contribution in [0.4, 0.5) is 0 Å². The molecule has 2 nitrogen and oxygen atoms in total. The fraction of sp³-hybridized carbons (Fsp3) is 0.917. The van der Waals surface area contributed by atoms with Crippen molar-refractivity contribution in [3.63, 3.8) is 0 Å². The Balaban J connectivity index is 1.88. The van der Waals surface area contributed by atoms with Gasteiger partial charge in [0.2, 0.25) is 5.91 Å². The Morgan fingerprint density at radius 2 is 1.79 bits per heavy atom. The zero-order valence-corrected chi connectivity index (χ0v) is 9.33. The fourth-order valence-electron chi connectivity index (χ4n) is 2.56. The summed E-state index contributed by atoms with van der Waals surface area (Å²) < 4.78 is 0. The largest absolute Gasteiger partial charge is 0.343 e. The fourth-order valence-corrected chi connectivity index (χ4v) is 2.56. The molecule has 0 saturated heterocycles. The summed E-state index contributed by atoms with van der Waals surface area (Å²) >= 11 is 0. The van der Waals surface area contributed by atoms with Gasteiger partial charge < -0.3 is 4.90 Å². The first-order valence-electron chi connectivity index (χ1n) is 5.97. The summed E-state index contributed by atoms with van der Waals surface area (Å²) in [4.78, 5) is 14.1. The molecule has 0 aromatic carbocycles. The second kappa shape index (κ2) is 3.92. The van der Waals surface area contributed by atoms with Gasteiger partial charge in [0.05, 0.1) is 0 Å². The second-order valence-corrected chi connectivity index (χ2v) is 5.01. The van der Waals surface area contributed by atoms with Crippen LogP contribution in [0.2, 0.25) is 0 Å². The highest BCUT2D eigenvalue weighted by Gasteiger charge is 2.35. The normalized spacial score (nSPS) is 25.0. The molecule has 2 saturated carbocycles. The lowest BCUT2D eigenvalue weighted by atomic mass is 10.1. The number of carbonyl (C=O) groups is 1. The van der Waals surface area contributed by atoms with Crippen LogP contribution in [0, 0.1) is 11.8 Å². The summed E-state index contributed by atoms with van der Waals surface area (Å²) in [6, 6.07) is 0.475. The number of carbonyl (C=O) groups excluding carboxylic acids is 1. The van der Waals surface area contributed by atoms with E-state index in [1.165, 1.54) is 25.7 Å². The smallest absolute Gasteiger partial charge is 0.225 e. The lowest BCUT2D eigenvalue weighted by Crippen LogP contribution is -2.39. The molecule has 0 aliphatic heterocycles. The highest BCUT2D eigenvalue weighted by molar-refractivity contribution is 5.79. The van der Waals surface area contributed by atoms with Crippen LogP contribution in [0.5, 0.6) is 0 Å². The maximum absolute atomic E-state index is 12.0. The molecule has 0 spiro atoms. The van der Waals surface area contributed by atoms with Gasteiger partial charge in [0.25, 0.3) is 0 Å². The Morgan fingerprint density at radius 1 is 1.21 bits per heavy atom. The summed E-state index contributed by atoms with van der Waals surface area (Å²) in [5, 5.41) is 0. The third kappa shape index (κ3) is 1.94. The van der Waals surface area contributed by atoms with Gasteiger partial charge in [-0.05, 0) is 38.5 Å². The molecule has 0 unspecified atom stereocenters. The molecule has 80 valence electrons. The average molecular weight is 195 g/mol. The highest BCUT2D eigenvalue weighted by Crippen LogP contribution is 2.36. The quantitative estimate of drug-likeness (QED) is 0.677. The van der Waals surface area contributed by atoms with Crippen LogP contribution in [0.3, 0.4) is 0 Å². The van der Waals surface area contributed by atoms with Crippen molar-refractivity contribution in [2.75, 3.05) is 7.05 Å². The van der Waals surface area contributed by atoms with Gasteiger partial charge in [0.1, 0.15) is 0 Å². The molecule has 0 aromatic rings. The summed E-state index contributed by atoms with van der Waals surface area (Å²) in [6.45, 7) is 2.20. The molecule has 0 aromatic heterocycles. The van der Waals surface area contributed by atoms with Gasteiger partial charge in [-0.2, -0.15) is 0 Å². The lowest BCUT2D eigenvalue weighted by molar-refractivity contribution is -0.136. The summed E-state index contributed by atoms with van der Waals surface area (Å²) in [5.41, 5.74) is 0. The van der Waals surface area contributed by atoms with Crippen molar-refractivity contribution in [3.8, 4) is 0 Å². The van der Waals surface area contributed by atoms with Gasteiger partial charge in [0.15, 0.2) is 0 Å². The van der Waals surface area contributed by atoms with Crippen LogP contribution in [0.1, 0.15) is 45.4 Å². The molecular weight excluding hydrogens is 174 g/mol. The molecule has 2 aliphatic carbocycles. The first-order chi connectivity index (χ1) is 6.70. The van der Waals surface area contributed by atoms with E-state index in [1.54, 1.807) is 0 Å². The minimum absolute atomic E-state index is 0.348. The van der Waals surface area contributed by atoms with Crippen LogP contribution >= 0.6 is 0 Å². The van der Waals surface area contributed by atoms with Gasteiger partial charge in [0, 0.05) is 19.0 Å². The molecule has 0 bridgehead atoms. The minimum Gasteiger partial charge on any atom is -0.343 e. The molecular formula is C12H21NO. The van der Waals surface area contributed by atoms with E-state index < -0.39 is 0 Å². The van der Waals surface area contributed by atoms with Crippen LogP contribution in [-0.4, -0.2) is 23.9 Å². The maximum atomic E-state index is 12.0. The zero-order chi connectivity index (χ0) is 10.1. The first kappa shape index (κ1) is 10.0. The number of hydrogen-bond donors (Lipinski definition) is 0. The Kier molecular flexibility index (Phi) is 2.80. The lowest BCUT2D eigenvalue weighted by Gasteiger charge is -2.27. The Bertz CT molecular complexity index is 216. The van der Waals surface area contributed by atoms with E-state index in [-0.39, 0.29) is 0 Å². The zero-order valence-electron chi connectivity index (χ0n) is 9.33. The Morgan fingerprint density at radius 3 is 2.29 bits per heavy atom. The number of hydrogen-bond acceptors (Lipinski definition) is 1. The van der Waals surface area contributed by atoms with Crippen LogP contribution in [0.15, 0.2) is 0 Å². The standard InChI is InChI=1S/C12H21NO/c1-9(10-7-8-10)13(2)12(14)11-5-3-4-6-11/h9-11H,3-8H2,1-2H3/t9-/m1/s1. The van der Waals surface area contributed by atoms with Crippen LogP contribution < -0.4 is 0 Å². The molecule has 2 aliphatic rings. The van der Waals surface area contributed by atoms with Crippen molar-refractivity contribution in [1.29, 1.82) is 0 Å². The van der Waals surface area contributed by atoms with Crippen molar-refractivity contribution in [2.24, 2.45) is 11.8 Å². The SMILES string of the molecule is C[C@H](C1CC1)N(C)C(=O)C1CCCC1. The number of rotatable bonds is 3. The Hall–Kier alpha value is -0.530. The molecule has 14 heavy (non-hydrogen) atoms. The highest BCUT2D eigenvalue weighted by atomic mass is 16.2. The van der Waals surface area contributed by atoms with Crippen molar-refractivity contribution >= 4 is 5.91 Å². The predicted molar refractivity (Wildman–Crippen MR) is 56.9 cm³/mol. The van der Waals surface area contributed by atoms with E-state index in [9.17, 15) is 4.79 Å². The minimum atomic E-state index is 0.348. The number of amides is 1. The summed E-state index contributed by atoms with van der Waals surface area (Å²) in [7, 11) is 1.99. The van der Waals surface area contributed by atoms with E-state index in [4.69, 9.17) is 0 Å². The van der Waals surface area contributed by atoms with Gasteiger partial charge >= 0.3 is 0 Å². The van der Waals surface area contributed by atoms with Crippen molar-refractivity contribution < 1.29 is 4.79 Å². The summed E-state index contributed by atoms with van der Waals surface area (Å²) in [6.07, 6.45) is 7.40. The molecule has 2 fully saturated rings. The first-order valence-corrected chi connectivity index (χ1v) is 5.97. The van der Waals surface area contributed by atoms with Crippen molar-refractivity contribution in [2.45, 2.75) is 51.5 Å². The van der Waals surface area contributed by atoms with E-state index >= 15 is 0 Å². The molecule has 0 N–H and O–H groups in total.